The van der Waals surface area contributed by atoms with Crippen molar-refractivity contribution in [3.63, 3.8) is 0 Å². The quantitative estimate of drug-likeness (QED) is 0.902. The Kier molecular flexibility index (Phi) is 4.33. The highest BCUT2D eigenvalue weighted by atomic mass is 32.2. The Morgan fingerprint density at radius 1 is 1.09 bits per heavy atom. The van der Waals surface area contributed by atoms with E-state index in [1.54, 1.807) is 44.2 Å². The third-order valence-corrected chi connectivity index (χ3v) is 4.79. The standard InChI is InChI=1S/C16H16N2O3S/c1-10-11(2)15(22(18,20)21)8-7-14(10)16(19)13-5-3-12(9-17)4-6-13/h3-8,16,19H,1-2H3,(H2,18,20,21). The summed E-state index contributed by atoms with van der Waals surface area (Å²) in [5.74, 6) is 0. The van der Waals surface area contributed by atoms with Crippen LogP contribution in [0, 0.1) is 25.2 Å². The van der Waals surface area contributed by atoms with Crippen molar-refractivity contribution in [3.8, 4) is 6.07 Å². The second-order valence-corrected chi connectivity index (χ2v) is 6.61. The molecule has 5 nitrogen and oxygen atoms in total. The molecule has 1 unspecified atom stereocenters. The number of nitriles is 1. The molecule has 0 radical (unpaired) electrons. The molecule has 2 aromatic rings. The van der Waals surface area contributed by atoms with Crippen LogP contribution in [0.2, 0.25) is 0 Å². The zero-order chi connectivity index (χ0) is 16.5. The van der Waals surface area contributed by atoms with Gasteiger partial charge in [-0.25, -0.2) is 13.6 Å². The highest BCUT2D eigenvalue weighted by Gasteiger charge is 2.19. The van der Waals surface area contributed by atoms with E-state index in [4.69, 9.17) is 10.4 Å². The van der Waals surface area contributed by atoms with E-state index in [0.29, 0.717) is 27.8 Å². The first-order valence-electron chi connectivity index (χ1n) is 6.56. The molecule has 0 aliphatic heterocycles. The largest absolute Gasteiger partial charge is 0.384 e. The molecule has 6 heteroatoms. The maximum absolute atomic E-state index is 11.5. The first-order valence-corrected chi connectivity index (χ1v) is 8.11. The maximum Gasteiger partial charge on any atom is 0.238 e. The fourth-order valence-corrected chi connectivity index (χ4v) is 3.18. The normalized spacial score (nSPS) is 12.7. The minimum absolute atomic E-state index is 0.0563. The monoisotopic (exact) mass is 316 g/mol. The smallest absolute Gasteiger partial charge is 0.238 e. The predicted molar refractivity (Wildman–Crippen MR) is 82.5 cm³/mol. The fraction of sp³-hybridized carbons (Fsp3) is 0.188. The van der Waals surface area contributed by atoms with Gasteiger partial charge in [-0.2, -0.15) is 5.26 Å². The van der Waals surface area contributed by atoms with Crippen LogP contribution in [0.5, 0.6) is 0 Å². The molecule has 22 heavy (non-hydrogen) atoms. The van der Waals surface area contributed by atoms with Crippen LogP contribution in [0.3, 0.4) is 0 Å². The third-order valence-electron chi connectivity index (χ3n) is 3.74. The summed E-state index contributed by atoms with van der Waals surface area (Å²) in [6.07, 6.45) is -0.902. The number of aliphatic hydroxyl groups excluding tert-OH is 1. The zero-order valence-electron chi connectivity index (χ0n) is 12.2. The van der Waals surface area contributed by atoms with Crippen LogP contribution < -0.4 is 5.14 Å². The van der Waals surface area contributed by atoms with E-state index < -0.39 is 16.1 Å². The minimum atomic E-state index is -3.79. The molecule has 1 atom stereocenters. The summed E-state index contributed by atoms with van der Waals surface area (Å²) < 4.78 is 23.0. The number of nitrogens with two attached hydrogens (primary N) is 1. The maximum atomic E-state index is 11.5. The Balaban J connectivity index is 2.49. The summed E-state index contributed by atoms with van der Waals surface area (Å²) in [6.45, 7) is 3.40. The Labute approximate surface area is 129 Å². The van der Waals surface area contributed by atoms with Crippen molar-refractivity contribution in [3.05, 3.63) is 64.2 Å². The van der Waals surface area contributed by atoms with Gasteiger partial charge in [-0.05, 0) is 54.3 Å². The number of hydrogen-bond donors (Lipinski definition) is 2. The van der Waals surface area contributed by atoms with Crippen LogP contribution in [-0.4, -0.2) is 13.5 Å². The van der Waals surface area contributed by atoms with Crippen molar-refractivity contribution >= 4 is 10.0 Å². The molecular weight excluding hydrogens is 300 g/mol. The van der Waals surface area contributed by atoms with Crippen LogP contribution >= 0.6 is 0 Å². The second-order valence-electron chi connectivity index (χ2n) is 5.08. The predicted octanol–water partition coefficient (Wildman–Crippen LogP) is 1.90. The van der Waals surface area contributed by atoms with Crippen LogP contribution in [0.15, 0.2) is 41.3 Å². The molecule has 114 valence electrons. The number of aliphatic hydroxyl groups is 1. The molecule has 0 amide bonds. The Bertz CT molecular complexity index is 850. The molecule has 0 saturated carbocycles. The Morgan fingerprint density at radius 3 is 2.18 bits per heavy atom. The summed E-state index contributed by atoms with van der Waals surface area (Å²) in [7, 11) is -3.79. The fourth-order valence-electron chi connectivity index (χ4n) is 2.34. The number of primary sulfonamides is 1. The first-order chi connectivity index (χ1) is 10.3. The van der Waals surface area contributed by atoms with Gasteiger partial charge in [-0.3, -0.25) is 0 Å². The minimum Gasteiger partial charge on any atom is -0.384 e. The lowest BCUT2D eigenvalue weighted by Crippen LogP contribution is -2.15. The molecule has 0 spiro atoms. The summed E-state index contributed by atoms with van der Waals surface area (Å²) in [5, 5.41) is 24.5. The zero-order valence-corrected chi connectivity index (χ0v) is 13.1. The highest BCUT2D eigenvalue weighted by Crippen LogP contribution is 2.29. The Hall–Kier alpha value is -2.20. The van der Waals surface area contributed by atoms with E-state index in [1.165, 1.54) is 6.07 Å². The Morgan fingerprint density at radius 2 is 1.68 bits per heavy atom. The second kappa shape index (κ2) is 5.89. The SMILES string of the molecule is Cc1c(C(O)c2ccc(C#N)cc2)ccc(S(N)(=O)=O)c1C. The molecule has 0 aliphatic rings. The molecule has 0 aliphatic carbocycles. The van der Waals surface area contributed by atoms with Crippen molar-refractivity contribution in [1.82, 2.24) is 0 Å². The van der Waals surface area contributed by atoms with Crippen molar-refractivity contribution in [2.45, 2.75) is 24.8 Å². The van der Waals surface area contributed by atoms with Gasteiger partial charge in [0.1, 0.15) is 6.10 Å². The van der Waals surface area contributed by atoms with Crippen molar-refractivity contribution < 1.29 is 13.5 Å². The third kappa shape index (κ3) is 3.02. The lowest BCUT2D eigenvalue weighted by molar-refractivity contribution is 0.219. The first kappa shape index (κ1) is 16.2. The topological polar surface area (TPSA) is 104 Å². The van der Waals surface area contributed by atoms with E-state index in [2.05, 4.69) is 0 Å². The molecule has 2 rings (SSSR count). The molecule has 0 bridgehead atoms. The van der Waals surface area contributed by atoms with Gasteiger partial charge < -0.3 is 5.11 Å². The lowest BCUT2D eigenvalue weighted by Gasteiger charge is -2.17. The summed E-state index contributed by atoms with van der Waals surface area (Å²) in [5.41, 5.74) is 2.93. The van der Waals surface area contributed by atoms with Gasteiger partial charge in [0.2, 0.25) is 10.0 Å². The van der Waals surface area contributed by atoms with Gasteiger partial charge in [-0.15, -0.1) is 0 Å². The molecule has 0 heterocycles. The number of sulfonamides is 1. The molecule has 3 N–H and O–H groups in total. The lowest BCUT2D eigenvalue weighted by atomic mass is 9.94. The van der Waals surface area contributed by atoms with Crippen molar-refractivity contribution in [2.75, 3.05) is 0 Å². The van der Waals surface area contributed by atoms with Crippen LogP contribution in [0.25, 0.3) is 0 Å². The average Bonchev–Trinajstić information content (AvgIpc) is 2.48. The summed E-state index contributed by atoms with van der Waals surface area (Å²) in [6, 6.07) is 11.6. The molecule has 0 saturated heterocycles. The van der Waals surface area contributed by atoms with Gasteiger partial charge in [0, 0.05) is 0 Å². The van der Waals surface area contributed by atoms with E-state index in [1.807, 2.05) is 6.07 Å². The molecular formula is C16H16N2O3S. The van der Waals surface area contributed by atoms with Gasteiger partial charge in [-0.1, -0.05) is 18.2 Å². The molecule has 0 aromatic heterocycles. The van der Waals surface area contributed by atoms with Crippen molar-refractivity contribution in [2.24, 2.45) is 5.14 Å². The van der Waals surface area contributed by atoms with Crippen LogP contribution in [0.1, 0.15) is 33.9 Å². The van der Waals surface area contributed by atoms with Gasteiger partial charge in [0.05, 0.1) is 16.5 Å². The van der Waals surface area contributed by atoms with E-state index in [0.717, 1.165) is 0 Å². The van der Waals surface area contributed by atoms with E-state index in [9.17, 15) is 13.5 Å². The van der Waals surface area contributed by atoms with Crippen LogP contribution in [0.4, 0.5) is 0 Å². The van der Waals surface area contributed by atoms with Crippen molar-refractivity contribution in [1.29, 1.82) is 5.26 Å². The summed E-state index contributed by atoms with van der Waals surface area (Å²) >= 11 is 0. The number of hydrogen-bond acceptors (Lipinski definition) is 4. The van der Waals surface area contributed by atoms with E-state index in [-0.39, 0.29) is 4.90 Å². The average molecular weight is 316 g/mol. The number of rotatable bonds is 3. The van der Waals surface area contributed by atoms with Gasteiger partial charge in [0.25, 0.3) is 0 Å². The van der Waals surface area contributed by atoms with Gasteiger partial charge >= 0.3 is 0 Å². The highest BCUT2D eigenvalue weighted by molar-refractivity contribution is 7.89. The van der Waals surface area contributed by atoms with E-state index >= 15 is 0 Å². The number of benzene rings is 2. The summed E-state index contributed by atoms with van der Waals surface area (Å²) in [4.78, 5) is 0.0563. The van der Waals surface area contributed by atoms with Gasteiger partial charge in [0.15, 0.2) is 0 Å². The van der Waals surface area contributed by atoms with Crippen LogP contribution in [-0.2, 0) is 10.0 Å². The molecule has 2 aromatic carbocycles. The number of nitrogens with zero attached hydrogens (tertiary/aromatic N) is 1. The molecule has 0 fully saturated rings.